The van der Waals surface area contributed by atoms with Crippen molar-refractivity contribution in [2.75, 3.05) is 6.54 Å². The van der Waals surface area contributed by atoms with Gasteiger partial charge in [0.25, 0.3) is 5.69 Å². The van der Waals surface area contributed by atoms with Crippen LogP contribution in [-0.2, 0) is 24.2 Å². The predicted molar refractivity (Wildman–Crippen MR) is 85.9 cm³/mol. The largest absolute Gasteiger partial charge is 0.392 e. The third kappa shape index (κ3) is 4.89. The Hall–Kier alpha value is -2.73. The summed E-state index contributed by atoms with van der Waals surface area (Å²) in [4.78, 5) is 22.3. The van der Waals surface area contributed by atoms with E-state index in [0.29, 0.717) is 18.5 Å². The lowest BCUT2D eigenvalue weighted by molar-refractivity contribution is -0.385. The van der Waals surface area contributed by atoms with Gasteiger partial charge >= 0.3 is 0 Å². The highest BCUT2D eigenvalue weighted by atomic mass is 16.6. The summed E-state index contributed by atoms with van der Waals surface area (Å²) in [6.07, 6.45) is 0.648. The van der Waals surface area contributed by atoms with Gasteiger partial charge in [-0.2, -0.15) is 0 Å². The fraction of sp³-hybridized carbons (Fsp3) is 0.235. The molecule has 0 spiro atoms. The molecular weight excluding hydrogens is 296 g/mol. The van der Waals surface area contributed by atoms with Crippen LogP contribution in [0, 0.1) is 10.1 Å². The van der Waals surface area contributed by atoms with E-state index < -0.39 is 4.92 Å². The summed E-state index contributed by atoms with van der Waals surface area (Å²) in [5.41, 5.74) is 2.26. The third-order valence-corrected chi connectivity index (χ3v) is 3.48. The SMILES string of the molecule is O=C(Cc1ccccc1[N+](=O)[O-])NCCc1ccc(CO)cc1. The van der Waals surface area contributed by atoms with Crippen LogP contribution in [0.1, 0.15) is 16.7 Å². The zero-order valence-corrected chi connectivity index (χ0v) is 12.6. The molecule has 120 valence electrons. The van der Waals surface area contributed by atoms with Crippen molar-refractivity contribution in [1.82, 2.24) is 5.32 Å². The molecule has 0 aromatic heterocycles. The van der Waals surface area contributed by atoms with Crippen LogP contribution in [0.25, 0.3) is 0 Å². The topological polar surface area (TPSA) is 92.5 Å². The number of rotatable bonds is 7. The Morgan fingerprint density at radius 1 is 1.09 bits per heavy atom. The number of para-hydroxylation sites is 1. The maximum atomic E-state index is 11.9. The van der Waals surface area contributed by atoms with Gasteiger partial charge < -0.3 is 10.4 Å². The van der Waals surface area contributed by atoms with Crippen molar-refractivity contribution in [1.29, 1.82) is 0 Å². The van der Waals surface area contributed by atoms with Gasteiger partial charge in [0.1, 0.15) is 0 Å². The number of nitrogens with one attached hydrogen (secondary N) is 1. The molecule has 23 heavy (non-hydrogen) atoms. The van der Waals surface area contributed by atoms with E-state index in [1.807, 2.05) is 24.3 Å². The van der Waals surface area contributed by atoms with Crippen molar-refractivity contribution in [3.63, 3.8) is 0 Å². The molecule has 0 saturated carbocycles. The normalized spacial score (nSPS) is 10.3. The Morgan fingerprint density at radius 3 is 2.39 bits per heavy atom. The standard InChI is InChI=1S/C17H18N2O4/c20-12-14-7-5-13(6-8-14)9-10-18-17(21)11-15-3-1-2-4-16(15)19(22)23/h1-8,20H,9-12H2,(H,18,21). The Bertz CT molecular complexity index is 683. The summed E-state index contributed by atoms with van der Waals surface area (Å²) >= 11 is 0. The zero-order valence-electron chi connectivity index (χ0n) is 12.6. The van der Waals surface area contributed by atoms with Gasteiger partial charge in [0.05, 0.1) is 18.0 Å². The number of carbonyl (C=O) groups excluding carboxylic acids is 1. The number of nitro groups is 1. The highest BCUT2D eigenvalue weighted by Crippen LogP contribution is 2.17. The smallest absolute Gasteiger partial charge is 0.273 e. The first-order chi connectivity index (χ1) is 11.1. The Kier molecular flexibility index (Phi) is 5.82. The molecule has 0 atom stereocenters. The van der Waals surface area contributed by atoms with E-state index >= 15 is 0 Å². The maximum Gasteiger partial charge on any atom is 0.273 e. The molecule has 0 radical (unpaired) electrons. The fourth-order valence-electron chi connectivity index (χ4n) is 2.23. The van der Waals surface area contributed by atoms with Crippen molar-refractivity contribution in [3.8, 4) is 0 Å². The minimum absolute atomic E-state index is 0.00682. The summed E-state index contributed by atoms with van der Waals surface area (Å²) in [6, 6.07) is 13.7. The second-order valence-electron chi connectivity index (χ2n) is 5.14. The van der Waals surface area contributed by atoms with Crippen molar-refractivity contribution in [2.45, 2.75) is 19.4 Å². The minimum atomic E-state index is -0.481. The molecule has 2 aromatic carbocycles. The maximum absolute atomic E-state index is 11.9. The Balaban J connectivity index is 1.84. The van der Waals surface area contributed by atoms with E-state index in [1.165, 1.54) is 6.07 Å². The lowest BCUT2D eigenvalue weighted by atomic mass is 10.1. The first-order valence-electron chi connectivity index (χ1n) is 7.28. The van der Waals surface area contributed by atoms with Crippen molar-refractivity contribution < 1.29 is 14.8 Å². The van der Waals surface area contributed by atoms with E-state index in [9.17, 15) is 14.9 Å². The Labute approximate surface area is 133 Å². The van der Waals surface area contributed by atoms with E-state index in [1.54, 1.807) is 18.2 Å². The van der Waals surface area contributed by atoms with Crippen LogP contribution in [0.15, 0.2) is 48.5 Å². The number of benzene rings is 2. The zero-order chi connectivity index (χ0) is 16.7. The summed E-state index contributed by atoms with van der Waals surface area (Å²) in [5, 5.41) is 22.6. The van der Waals surface area contributed by atoms with Crippen LogP contribution in [0.2, 0.25) is 0 Å². The average molecular weight is 314 g/mol. The number of hydrogen-bond acceptors (Lipinski definition) is 4. The molecule has 6 nitrogen and oxygen atoms in total. The number of nitrogens with zero attached hydrogens (tertiary/aromatic N) is 1. The lowest BCUT2D eigenvalue weighted by Gasteiger charge is -2.06. The molecule has 0 bridgehead atoms. The highest BCUT2D eigenvalue weighted by molar-refractivity contribution is 5.79. The van der Waals surface area contributed by atoms with Crippen molar-refractivity contribution in [3.05, 3.63) is 75.3 Å². The van der Waals surface area contributed by atoms with Gasteiger partial charge in [0.15, 0.2) is 0 Å². The molecule has 2 aromatic rings. The molecule has 0 aliphatic carbocycles. The molecule has 0 saturated heterocycles. The first-order valence-corrected chi connectivity index (χ1v) is 7.28. The van der Waals surface area contributed by atoms with E-state index in [-0.39, 0.29) is 24.6 Å². The van der Waals surface area contributed by atoms with Gasteiger partial charge in [0, 0.05) is 18.2 Å². The molecule has 0 fully saturated rings. The average Bonchev–Trinajstić information content (AvgIpc) is 2.56. The van der Waals surface area contributed by atoms with E-state index in [4.69, 9.17) is 5.11 Å². The lowest BCUT2D eigenvalue weighted by Crippen LogP contribution is -2.27. The van der Waals surface area contributed by atoms with Crippen LogP contribution in [0.3, 0.4) is 0 Å². The molecule has 1 amide bonds. The van der Waals surface area contributed by atoms with Gasteiger partial charge in [0.2, 0.25) is 5.91 Å². The summed E-state index contributed by atoms with van der Waals surface area (Å²) in [6.45, 7) is 0.463. The Morgan fingerprint density at radius 2 is 1.74 bits per heavy atom. The van der Waals surface area contributed by atoms with Gasteiger partial charge in [-0.05, 0) is 17.5 Å². The molecule has 2 rings (SSSR count). The summed E-state index contributed by atoms with van der Waals surface area (Å²) < 4.78 is 0. The van der Waals surface area contributed by atoms with Crippen molar-refractivity contribution in [2.24, 2.45) is 0 Å². The molecular formula is C17H18N2O4. The third-order valence-electron chi connectivity index (χ3n) is 3.48. The molecule has 0 aliphatic heterocycles. The highest BCUT2D eigenvalue weighted by Gasteiger charge is 2.15. The van der Waals surface area contributed by atoms with Gasteiger partial charge in [-0.15, -0.1) is 0 Å². The van der Waals surface area contributed by atoms with Gasteiger partial charge in [-0.25, -0.2) is 0 Å². The second-order valence-corrected chi connectivity index (χ2v) is 5.14. The van der Waals surface area contributed by atoms with E-state index in [2.05, 4.69) is 5.32 Å². The number of carbonyl (C=O) groups is 1. The van der Waals surface area contributed by atoms with Gasteiger partial charge in [-0.1, -0.05) is 42.5 Å². The van der Waals surface area contributed by atoms with Crippen LogP contribution >= 0.6 is 0 Å². The quantitative estimate of drug-likeness (QED) is 0.604. The van der Waals surface area contributed by atoms with Gasteiger partial charge in [-0.3, -0.25) is 14.9 Å². The molecule has 0 aliphatic rings. The monoisotopic (exact) mass is 314 g/mol. The van der Waals surface area contributed by atoms with Crippen LogP contribution in [-0.4, -0.2) is 22.5 Å². The number of hydrogen-bond donors (Lipinski definition) is 2. The summed E-state index contributed by atoms with van der Waals surface area (Å²) in [7, 11) is 0. The number of amides is 1. The number of aliphatic hydroxyl groups excluding tert-OH is 1. The minimum Gasteiger partial charge on any atom is -0.392 e. The first kappa shape index (κ1) is 16.6. The second kappa shape index (κ2) is 8.05. The number of aliphatic hydroxyl groups is 1. The molecule has 2 N–H and O–H groups in total. The van der Waals surface area contributed by atoms with Crippen LogP contribution < -0.4 is 5.32 Å². The van der Waals surface area contributed by atoms with E-state index in [0.717, 1.165) is 11.1 Å². The fourth-order valence-corrected chi connectivity index (χ4v) is 2.23. The van der Waals surface area contributed by atoms with Crippen LogP contribution in [0.4, 0.5) is 5.69 Å². The number of nitro benzene ring substituents is 1. The predicted octanol–water partition coefficient (Wildman–Crippen LogP) is 1.99. The van der Waals surface area contributed by atoms with Crippen molar-refractivity contribution >= 4 is 11.6 Å². The molecule has 0 heterocycles. The van der Waals surface area contributed by atoms with Crippen LogP contribution in [0.5, 0.6) is 0 Å². The molecule has 0 unspecified atom stereocenters. The summed E-state index contributed by atoms with van der Waals surface area (Å²) in [5.74, 6) is -0.244. The molecule has 6 heteroatoms.